The molecule has 2 aliphatic heterocycles. The van der Waals surface area contributed by atoms with Gasteiger partial charge in [-0.15, -0.1) is 0 Å². The summed E-state index contributed by atoms with van der Waals surface area (Å²) >= 11 is 1.88. The standard InChI is InChI=1S/C34H49N5O5S/c1-32(2,3)27(37-31(44)38-34(13-15-45-16-14-34)18-21-9-7-6-8-10-21)30(43)39-19-22-24(33(22,4)5)25(39)29(42)36-23(17-20-11-12-20)26(40)28(35)41/h6-10,20,22-25,27H,11-19H2,1-5H3,(H2,35,41)(H,36,42)(H2,37,38,44)/t22-,23?,24-,25-,27+/m0/s1. The van der Waals surface area contributed by atoms with E-state index in [4.69, 9.17) is 5.73 Å². The Morgan fingerprint density at radius 2 is 1.67 bits per heavy atom. The summed E-state index contributed by atoms with van der Waals surface area (Å²) in [5.74, 6) is -0.466. The van der Waals surface area contributed by atoms with Gasteiger partial charge in [0.25, 0.3) is 5.91 Å². The summed E-state index contributed by atoms with van der Waals surface area (Å²) in [6.07, 6.45) is 4.60. The lowest BCUT2D eigenvalue weighted by molar-refractivity contribution is -0.145. The first-order valence-electron chi connectivity index (χ1n) is 16.3. The molecule has 1 aromatic carbocycles. The molecule has 0 radical (unpaired) electrons. The van der Waals surface area contributed by atoms with Crippen molar-refractivity contribution >= 4 is 41.3 Å². The number of likely N-dealkylation sites (tertiary alicyclic amines) is 1. The number of fused-ring (bicyclic) bond motifs is 1. The van der Waals surface area contributed by atoms with Gasteiger partial charge in [0.05, 0.1) is 6.04 Å². The highest BCUT2D eigenvalue weighted by Crippen LogP contribution is 2.65. The van der Waals surface area contributed by atoms with E-state index in [-0.39, 0.29) is 29.1 Å². The molecule has 0 spiro atoms. The molecule has 1 unspecified atom stereocenters. The zero-order valence-electron chi connectivity index (χ0n) is 27.2. The monoisotopic (exact) mass is 639 g/mol. The van der Waals surface area contributed by atoms with Crippen LogP contribution in [-0.4, -0.2) is 76.2 Å². The van der Waals surface area contributed by atoms with Crippen LogP contribution >= 0.6 is 11.8 Å². The van der Waals surface area contributed by atoms with Crippen molar-refractivity contribution in [1.82, 2.24) is 20.9 Å². The zero-order chi connectivity index (χ0) is 32.7. The number of carbonyl (C=O) groups excluding carboxylic acids is 5. The molecule has 2 saturated carbocycles. The number of nitrogens with zero attached hydrogens (tertiary/aromatic N) is 1. The molecule has 5 N–H and O–H groups in total. The number of nitrogens with one attached hydrogen (secondary N) is 3. The maximum Gasteiger partial charge on any atom is 0.315 e. The van der Waals surface area contributed by atoms with E-state index in [1.54, 1.807) is 4.90 Å². The molecule has 5 rings (SSSR count). The predicted molar refractivity (Wildman–Crippen MR) is 174 cm³/mol. The highest BCUT2D eigenvalue weighted by molar-refractivity contribution is 7.99. The van der Waals surface area contributed by atoms with Gasteiger partial charge >= 0.3 is 6.03 Å². The highest BCUT2D eigenvalue weighted by Gasteiger charge is 2.70. The first kappa shape index (κ1) is 33.3. The Morgan fingerprint density at radius 1 is 1.02 bits per heavy atom. The van der Waals surface area contributed by atoms with Gasteiger partial charge in [-0.3, -0.25) is 19.2 Å². The van der Waals surface area contributed by atoms with E-state index in [9.17, 15) is 24.0 Å². The molecule has 5 amide bonds. The van der Waals surface area contributed by atoms with Gasteiger partial charge < -0.3 is 26.6 Å². The number of nitrogens with two attached hydrogens (primary N) is 1. The van der Waals surface area contributed by atoms with E-state index in [0.29, 0.717) is 19.4 Å². The van der Waals surface area contributed by atoms with Crippen LogP contribution in [0.3, 0.4) is 0 Å². The van der Waals surface area contributed by atoms with Crippen molar-refractivity contribution in [2.45, 2.75) is 96.8 Å². The number of primary amides is 1. The van der Waals surface area contributed by atoms with Crippen LogP contribution in [0, 0.1) is 28.6 Å². The van der Waals surface area contributed by atoms with Crippen LogP contribution in [0.2, 0.25) is 0 Å². The van der Waals surface area contributed by atoms with Gasteiger partial charge in [-0.25, -0.2) is 4.79 Å². The van der Waals surface area contributed by atoms with Crippen molar-refractivity contribution in [3.05, 3.63) is 35.9 Å². The molecule has 2 aliphatic carbocycles. The van der Waals surface area contributed by atoms with Crippen molar-refractivity contribution in [1.29, 1.82) is 0 Å². The number of carbonyl (C=O) groups is 5. The normalized spacial score (nSPS) is 26.2. The molecular weight excluding hydrogens is 590 g/mol. The van der Waals surface area contributed by atoms with Crippen molar-refractivity contribution in [2.24, 2.45) is 34.3 Å². The second-order valence-electron chi connectivity index (χ2n) is 15.3. The summed E-state index contributed by atoms with van der Waals surface area (Å²) in [5.41, 5.74) is 5.24. The van der Waals surface area contributed by atoms with Crippen LogP contribution in [0.25, 0.3) is 0 Å². The molecule has 2 saturated heterocycles. The van der Waals surface area contributed by atoms with Crippen LogP contribution in [-0.2, 0) is 25.6 Å². The highest BCUT2D eigenvalue weighted by atomic mass is 32.2. The van der Waals surface area contributed by atoms with Gasteiger partial charge in [0, 0.05) is 12.1 Å². The first-order valence-corrected chi connectivity index (χ1v) is 17.4. The summed E-state index contributed by atoms with van der Waals surface area (Å²) < 4.78 is 0. The van der Waals surface area contributed by atoms with Crippen LogP contribution in [0.15, 0.2) is 30.3 Å². The Kier molecular flexibility index (Phi) is 9.33. The van der Waals surface area contributed by atoms with Crippen molar-refractivity contribution in [3.63, 3.8) is 0 Å². The second kappa shape index (κ2) is 12.6. The second-order valence-corrected chi connectivity index (χ2v) is 16.5. The fraction of sp³-hybridized carbons (Fsp3) is 0.676. The number of urea groups is 1. The number of hydrogen-bond donors (Lipinski definition) is 4. The fourth-order valence-electron chi connectivity index (χ4n) is 7.48. The molecule has 0 bridgehead atoms. The molecule has 1 aromatic rings. The van der Waals surface area contributed by atoms with Gasteiger partial charge in [0.2, 0.25) is 17.6 Å². The summed E-state index contributed by atoms with van der Waals surface area (Å²) in [5, 5.41) is 9.09. The van der Waals surface area contributed by atoms with Crippen LogP contribution in [0.4, 0.5) is 4.79 Å². The first-order chi connectivity index (χ1) is 21.1. The van der Waals surface area contributed by atoms with Gasteiger partial charge in [-0.05, 0) is 71.3 Å². The van der Waals surface area contributed by atoms with Gasteiger partial charge in [0.1, 0.15) is 12.1 Å². The Labute approximate surface area is 270 Å². The van der Waals surface area contributed by atoms with E-state index in [1.807, 2.05) is 50.7 Å². The number of thioether (sulfide) groups is 1. The quantitative estimate of drug-likeness (QED) is 0.274. The predicted octanol–water partition coefficient (Wildman–Crippen LogP) is 3.03. The Morgan fingerprint density at radius 3 is 2.24 bits per heavy atom. The fourth-order valence-corrected chi connectivity index (χ4v) is 8.75. The van der Waals surface area contributed by atoms with Crippen LogP contribution in [0.5, 0.6) is 0 Å². The molecule has 45 heavy (non-hydrogen) atoms. The minimum Gasteiger partial charge on any atom is -0.363 e. The largest absolute Gasteiger partial charge is 0.363 e. The number of piperidine rings is 1. The number of Topliss-reactive ketones (excluding diaryl/α,β-unsaturated/α-hetero) is 1. The Balaban J connectivity index is 1.33. The Bertz CT molecular complexity index is 1320. The average Bonchev–Trinajstić information content (AvgIpc) is 3.82. The maximum absolute atomic E-state index is 14.4. The maximum atomic E-state index is 14.4. The van der Waals surface area contributed by atoms with Gasteiger partial charge in [-0.2, -0.15) is 11.8 Å². The molecule has 0 aromatic heterocycles. The van der Waals surface area contributed by atoms with Crippen molar-refractivity contribution < 1.29 is 24.0 Å². The third-order valence-electron chi connectivity index (χ3n) is 10.5. The third-order valence-corrected chi connectivity index (χ3v) is 11.5. The molecule has 4 aliphatic rings. The van der Waals surface area contributed by atoms with E-state index >= 15 is 0 Å². The molecule has 11 heteroatoms. The summed E-state index contributed by atoms with van der Waals surface area (Å²) in [6.45, 7) is 10.3. The summed E-state index contributed by atoms with van der Waals surface area (Å²) in [7, 11) is 0. The molecule has 246 valence electrons. The number of amides is 5. The minimum atomic E-state index is -1.07. The zero-order valence-corrected chi connectivity index (χ0v) is 28.0. The number of benzene rings is 1. The Hall–Kier alpha value is -3.08. The van der Waals surface area contributed by atoms with E-state index in [0.717, 1.165) is 42.8 Å². The van der Waals surface area contributed by atoms with Crippen molar-refractivity contribution in [3.8, 4) is 0 Å². The average molecular weight is 640 g/mol. The molecular formula is C34H49N5O5S. The lowest BCUT2D eigenvalue weighted by atomic mass is 9.84. The molecule has 5 atom stereocenters. The van der Waals surface area contributed by atoms with E-state index in [2.05, 4.69) is 41.9 Å². The SMILES string of the molecule is CC(C)(C)[C@H](NC(=O)NC1(Cc2ccccc2)CCSCC1)C(=O)N1C[C@H]2[C@@H]([C@H]1C(=O)NC(CC1CC1)C(=O)C(N)=O)C2(C)C. The minimum absolute atomic E-state index is 0.0879. The molecule has 2 heterocycles. The smallest absolute Gasteiger partial charge is 0.315 e. The number of hydrogen-bond acceptors (Lipinski definition) is 6. The molecule has 4 fully saturated rings. The molecule has 10 nitrogen and oxygen atoms in total. The third kappa shape index (κ3) is 7.34. The van der Waals surface area contributed by atoms with Crippen LogP contribution < -0.4 is 21.7 Å². The van der Waals surface area contributed by atoms with E-state index < -0.39 is 52.7 Å². The van der Waals surface area contributed by atoms with Crippen LogP contribution in [0.1, 0.15) is 72.3 Å². The lowest BCUT2D eigenvalue weighted by Crippen LogP contribution is -2.63. The van der Waals surface area contributed by atoms with Gasteiger partial charge in [-0.1, -0.05) is 77.8 Å². The topological polar surface area (TPSA) is 151 Å². The summed E-state index contributed by atoms with van der Waals surface area (Å²) in [4.78, 5) is 67.9. The lowest BCUT2D eigenvalue weighted by Gasteiger charge is -2.41. The van der Waals surface area contributed by atoms with Gasteiger partial charge in [0.15, 0.2) is 0 Å². The van der Waals surface area contributed by atoms with Crippen molar-refractivity contribution in [2.75, 3.05) is 18.1 Å². The number of ketones is 1. The summed E-state index contributed by atoms with van der Waals surface area (Å²) in [6, 6.07) is 7.02. The number of rotatable bonds is 11. The van der Waals surface area contributed by atoms with E-state index in [1.165, 1.54) is 0 Å².